The molecule has 5 heteroatoms. The van der Waals surface area contributed by atoms with Crippen molar-refractivity contribution in [1.82, 2.24) is 0 Å². The van der Waals surface area contributed by atoms with E-state index in [-0.39, 0.29) is 12.8 Å². The molecule has 0 aliphatic heterocycles. The maximum atomic E-state index is 13.0. The Bertz CT molecular complexity index is 607. The van der Waals surface area contributed by atoms with Gasteiger partial charge in [-0.2, -0.15) is 13.2 Å². The molecule has 0 heterocycles. The zero-order valence-electron chi connectivity index (χ0n) is 11.1. The van der Waals surface area contributed by atoms with E-state index < -0.39 is 23.7 Å². The number of rotatable bonds is 4. The van der Waals surface area contributed by atoms with Gasteiger partial charge in [0.05, 0.1) is 11.7 Å². The van der Waals surface area contributed by atoms with Gasteiger partial charge in [0.1, 0.15) is 5.82 Å². The van der Waals surface area contributed by atoms with Crippen LogP contribution in [0.1, 0.15) is 16.7 Å². The summed E-state index contributed by atoms with van der Waals surface area (Å²) in [7, 11) is 0. The van der Waals surface area contributed by atoms with Crippen LogP contribution < -0.4 is 0 Å². The van der Waals surface area contributed by atoms with E-state index in [1.807, 2.05) is 0 Å². The molecule has 2 rings (SSSR count). The Morgan fingerprint density at radius 2 is 1.48 bits per heavy atom. The molecule has 1 atom stereocenters. The predicted molar refractivity (Wildman–Crippen MR) is 71.3 cm³/mol. The van der Waals surface area contributed by atoms with Gasteiger partial charge in [0, 0.05) is 0 Å². The highest BCUT2D eigenvalue weighted by Gasteiger charge is 2.30. The summed E-state index contributed by atoms with van der Waals surface area (Å²) < 4.78 is 50.8. The molecule has 0 amide bonds. The minimum atomic E-state index is -4.40. The highest BCUT2D eigenvalue weighted by molar-refractivity contribution is 5.26. The molecule has 1 N–H and O–H groups in total. The van der Waals surface area contributed by atoms with Crippen molar-refractivity contribution in [2.75, 3.05) is 0 Å². The molecular formula is C16H14F4O. The third-order valence-electron chi connectivity index (χ3n) is 3.09. The second-order valence-corrected chi connectivity index (χ2v) is 4.89. The number of alkyl halides is 3. The van der Waals surface area contributed by atoms with E-state index in [0.717, 1.165) is 12.1 Å². The molecule has 0 radical (unpaired) electrons. The van der Waals surface area contributed by atoms with Crippen molar-refractivity contribution in [3.05, 3.63) is 71.0 Å². The molecule has 1 nitrogen and oxygen atoms in total. The predicted octanol–water partition coefficient (Wildman–Crippen LogP) is 3.99. The minimum absolute atomic E-state index is 0.0838. The Labute approximate surface area is 119 Å². The van der Waals surface area contributed by atoms with Crippen LogP contribution in [0.4, 0.5) is 17.6 Å². The molecule has 0 saturated heterocycles. The van der Waals surface area contributed by atoms with Crippen LogP contribution in [0.3, 0.4) is 0 Å². The second-order valence-electron chi connectivity index (χ2n) is 4.89. The third kappa shape index (κ3) is 4.56. The van der Waals surface area contributed by atoms with Gasteiger partial charge in [-0.1, -0.05) is 30.3 Å². The normalized spacial score (nSPS) is 13.2. The smallest absolute Gasteiger partial charge is 0.392 e. The molecular weight excluding hydrogens is 284 g/mol. The average Bonchev–Trinajstić information content (AvgIpc) is 2.37. The quantitative estimate of drug-likeness (QED) is 0.846. The van der Waals surface area contributed by atoms with E-state index in [1.165, 1.54) is 30.3 Å². The summed E-state index contributed by atoms with van der Waals surface area (Å²) >= 11 is 0. The molecule has 0 aliphatic rings. The molecule has 0 saturated carbocycles. The molecule has 112 valence electrons. The highest BCUT2D eigenvalue weighted by atomic mass is 19.4. The van der Waals surface area contributed by atoms with Crippen molar-refractivity contribution in [1.29, 1.82) is 0 Å². The lowest BCUT2D eigenvalue weighted by molar-refractivity contribution is -0.137. The van der Waals surface area contributed by atoms with Crippen LogP contribution in [0.25, 0.3) is 0 Å². The fourth-order valence-corrected chi connectivity index (χ4v) is 2.15. The van der Waals surface area contributed by atoms with Crippen molar-refractivity contribution in [2.45, 2.75) is 25.1 Å². The minimum Gasteiger partial charge on any atom is -0.392 e. The Hall–Kier alpha value is -1.88. The zero-order chi connectivity index (χ0) is 15.5. The first kappa shape index (κ1) is 15.5. The third-order valence-corrected chi connectivity index (χ3v) is 3.09. The van der Waals surface area contributed by atoms with Crippen molar-refractivity contribution in [3.8, 4) is 0 Å². The summed E-state index contributed by atoms with van der Waals surface area (Å²) in [4.78, 5) is 0. The van der Waals surface area contributed by atoms with Gasteiger partial charge >= 0.3 is 6.18 Å². The van der Waals surface area contributed by atoms with Crippen LogP contribution in [0, 0.1) is 5.82 Å². The van der Waals surface area contributed by atoms with Crippen LogP contribution in [0.15, 0.2) is 48.5 Å². The summed E-state index contributed by atoms with van der Waals surface area (Å²) in [5.74, 6) is -0.404. The first-order valence-corrected chi connectivity index (χ1v) is 6.43. The fourth-order valence-electron chi connectivity index (χ4n) is 2.15. The van der Waals surface area contributed by atoms with Gasteiger partial charge in [-0.25, -0.2) is 4.39 Å². The Balaban J connectivity index is 2.04. The number of hydrogen-bond donors (Lipinski definition) is 1. The van der Waals surface area contributed by atoms with Gasteiger partial charge < -0.3 is 5.11 Å². The molecule has 2 aromatic rings. The van der Waals surface area contributed by atoms with Crippen LogP contribution in [-0.2, 0) is 19.0 Å². The van der Waals surface area contributed by atoms with Crippen LogP contribution in [0.5, 0.6) is 0 Å². The number of aliphatic hydroxyl groups is 1. The Morgan fingerprint density at radius 1 is 0.905 bits per heavy atom. The average molecular weight is 298 g/mol. The number of hydrogen-bond acceptors (Lipinski definition) is 1. The van der Waals surface area contributed by atoms with E-state index >= 15 is 0 Å². The molecule has 2 aromatic carbocycles. The lowest BCUT2D eigenvalue weighted by Crippen LogP contribution is -2.15. The summed E-state index contributed by atoms with van der Waals surface area (Å²) in [6, 6.07) is 10.6. The van der Waals surface area contributed by atoms with Crippen molar-refractivity contribution in [2.24, 2.45) is 0 Å². The molecule has 0 spiro atoms. The maximum Gasteiger partial charge on any atom is 0.416 e. The molecule has 0 aromatic heterocycles. The van der Waals surface area contributed by atoms with Gasteiger partial charge in [0.25, 0.3) is 0 Å². The summed E-state index contributed by atoms with van der Waals surface area (Å²) in [5.41, 5.74) is 0.265. The summed E-state index contributed by atoms with van der Waals surface area (Å²) in [6.07, 6.45) is -4.99. The number of halogens is 4. The Kier molecular flexibility index (Phi) is 4.63. The molecule has 0 fully saturated rings. The number of aliphatic hydroxyl groups excluding tert-OH is 1. The van der Waals surface area contributed by atoms with Crippen LogP contribution in [0.2, 0.25) is 0 Å². The van der Waals surface area contributed by atoms with E-state index in [4.69, 9.17) is 0 Å². The fraction of sp³-hybridized carbons (Fsp3) is 0.250. The largest absolute Gasteiger partial charge is 0.416 e. The van der Waals surface area contributed by atoms with Crippen molar-refractivity contribution < 1.29 is 22.7 Å². The lowest BCUT2D eigenvalue weighted by atomic mass is 10.00. The highest BCUT2D eigenvalue weighted by Crippen LogP contribution is 2.29. The second kappa shape index (κ2) is 6.26. The molecule has 0 aliphatic carbocycles. The van der Waals surface area contributed by atoms with Crippen LogP contribution in [-0.4, -0.2) is 11.2 Å². The van der Waals surface area contributed by atoms with Gasteiger partial charge in [-0.3, -0.25) is 0 Å². The molecule has 21 heavy (non-hydrogen) atoms. The van der Waals surface area contributed by atoms with Gasteiger partial charge in [-0.15, -0.1) is 0 Å². The van der Waals surface area contributed by atoms with Gasteiger partial charge in [-0.05, 0) is 42.2 Å². The SMILES string of the molecule is OC(Cc1cccc(F)c1)Cc1cccc(C(F)(F)F)c1. The lowest BCUT2D eigenvalue weighted by Gasteiger charge is -2.13. The number of benzene rings is 2. The Morgan fingerprint density at radius 3 is 2.05 bits per heavy atom. The standard InChI is InChI=1S/C16H14F4O/c17-14-6-2-4-12(8-14)10-15(21)9-11-3-1-5-13(7-11)16(18,19)20/h1-8,15,21H,9-10H2. The van der Waals surface area contributed by atoms with E-state index in [2.05, 4.69) is 0 Å². The molecule has 1 unspecified atom stereocenters. The monoisotopic (exact) mass is 298 g/mol. The van der Waals surface area contributed by atoms with Crippen LogP contribution >= 0.6 is 0 Å². The first-order chi connectivity index (χ1) is 9.84. The topological polar surface area (TPSA) is 20.2 Å². The van der Waals surface area contributed by atoms with Gasteiger partial charge in [0.15, 0.2) is 0 Å². The van der Waals surface area contributed by atoms with Crippen molar-refractivity contribution >= 4 is 0 Å². The van der Waals surface area contributed by atoms with E-state index in [1.54, 1.807) is 6.07 Å². The summed E-state index contributed by atoms with van der Waals surface area (Å²) in [6.45, 7) is 0. The van der Waals surface area contributed by atoms with E-state index in [9.17, 15) is 22.7 Å². The van der Waals surface area contributed by atoms with Crippen molar-refractivity contribution in [3.63, 3.8) is 0 Å². The maximum absolute atomic E-state index is 13.0. The zero-order valence-corrected chi connectivity index (χ0v) is 11.1. The first-order valence-electron chi connectivity index (χ1n) is 6.43. The van der Waals surface area contributed by atoms with Gasteiger partial charge in [0.2, 0.25) is 0 Å². The van der Waals surface area contributed by atoms with E-state index in [0.29, 0.717) is 11.1 Å². The summed E-state index contributed by atoms with van der Waals surface area (Å²) in [5, 5.41) is 9.94. The molecule has 0 bridgehead atoms.